The summed E-state index contributed by atoms with van der Waals surface area (Å²) in [5.41, 5.74) is 0.894. The molecule has 0 saturated carbocycles. The number of amides is 1. The molecule has 10 heteroatoms. The minimum absolute atomic E-state index is 0.0397. The number of rotatable bonds is 5. The van der Waals surface area contributed by atoms with E-state index in [1.165, 1.54) is 30.1 Å². The van der Waals surface area contributed by atoms with Crippen LogP contribution in [-0.2, 0) is 10.9 Å². The molecule has 0 spiro atoms. The van der Waals surface area contributed by atoms with Crippen molar-refractivity contribution in [2.75, 3.05) is 43.6 Å². The Hall–Kier alpha value is -3.53. The third-order valence-electron chi connectivity index (χ3n) is 5.06. The van der Waals surface area contributed by atoms with Gasteiger partial charge < -0.3 is 19.7 Å². The van der Waals surface area contributed by atoms with Crippen LogP contribution in [0.5, 0.6) is 5.75 Å². The molecule has 4 rings (SSSR count). The zero-order chi connectivity index (χ0) is 22.7. The van der Waals surface area contributed by atoms with Gasteiger partial charge in [0.2, 0.25) is 0 Å². The van der Waals surface area contributed by atoms with E-state index in [2.05, 4.69) is 15.3 Å². The summed E-state index contributed by atoms with van der Waals surface area (Å²) >= 11 is 0. The van der Waals surface area contributed by atoms with Gasteiger partial charge in [0, 0.05) is 24.5 Å². The molecule has 1 saturated heterocycles. The molecule has 1 amide bonds. The minimum atomic E-state index is -4.49. The van der Waals surface area contributed by atoms with E-state index < -0.39 is 17.6 Å². The molecule has 32 heavy (non-hydrogen) atoms. The molecule has 1 aliphatic heterocycles. The average molecular weight is 446 g/mol. The Morgan fingerprint density at radius 3 is 2.47 bits per heavy atom. The van der Waals surface area contributed by atoms with Gasteiger partial charge in [-0.25, -0.2) is 4.68 Å². The summed E-state index contributed by atoms with van der Waals surface area (Å²) < 4.78 is 50.8. The lowest BCUT2D eigenvalue weighted by molar-refractivity contribution is -0.137. The summed E-state index contributed by atoms with van der Waals surface area (Å²) in [7, 11) is 1.36. The second-order valence-electron chi connectivity index (χ2n) is 7.14. The Labute approximate surface area is 182 Å². The summed E-state index contributed by atoms with van der Waals surface area (Å²) in [5, 5.41) is 6.90. The van der Waals surface area contributed by atoms with E-state index in [9.17, 15) is 18.0 Å². The van der Waals surface area contributed by atoms with Crippen molar-refractivity contribution in [3.8, 4) is 11.4 Å². The zero-order valence-corrected chi connectivity index (χ0v) is 17.2. The second-order valence-corrected chi connectivity index (χ2v) is 7.14. The monoisotopic (exact) mass is 446 g/mol. The van der Waals surface area contributed by atoms with E-state index in [1.807, 2.05) is 12.1 Å². The first-order valence-electron chi connectivity index (χ1n) is 9.90. The van der Waals surface area contributed by atoms with Crippen molar-refractivity contribution in [1.29, 1.82) is 0 Å². The number of methoxy groups -OCH3 is 1. The van der Waals surface area contributed by atoms with Crippen LogP contribution in [0.3, 0.4) is 0 Å². The molecule has 0 aliphatic carbocycles. The van der Waals surface area contributed by atoms with Crippen molar-refractivity contribution in [1.82, 2.24) is 9.78 Å². The normalized spacial score (nSPS) is 14.3. The van der Waals surface area contributed by atoms with Crippen LogP contribution >= 0.6 is 0 Å². The fraction of sp³-hybridized carbons (Fsp3) is 0.273. The van der Waals surface area contributed by atoms with E-state index in [1.54, 1.807) is 12.1 Å². The summed E-state index contributed by atoms with van der Waals surface area (Å²) in [5.74, 6) is -0.392. The van der Waals surface area contributed by atoms with E-state index in [-0.39, 0.29) is 17.1 Å². The third-order valence-corrected chi connectivity index (χ3v) is 5.06. The van der Waals surface area contributed by atoms with Crippen molar-refractivity contribution >= 4 is 17.3 Å². The second kappa shape index (κ2) is 8.91. The molecular formula is C22H21F3N4O3. The van der Waals surface area contributed by atoms with Gasteiger partial charge in [0.25, 0.3) is 5.91 Å². The number of hydrogen-bond acceptors (Lipinski definition) is 5. The van der Waals surface area contributed by atoms with Crippen LogP contribution in [0.15, 0.2) is 54.7 Å². The Bertz CT molecular complexity index is 1090. The number of carbonyl (C=O) groups is 1. The van der Waals surface area contributed by atoms with Crippen molar-refractivity contribution in [3.63, 3.8) is 0 Å². The Kier molecular flexibility index (Phi) is 6.04. The molecule has 0 radical (unpaired) electrons. The quantitative estimate of drug-likeness (QED) is 0.642. The first-order chi connectivity index (χ1) is 15.3. The van der Waals surface area contributed by atoms with Crippen LogP contribution in [0.1, 0.15) is 16.1 Å². The molecule has 168 valence electrons. The van der Waals surface area contributed by atoms with Crippen molar-refractivity contribution in [2.24, 2.45) is 0 Å². The Balaban J connectivity index is 1.52. The van der Waals surface area contributed by atoms with Gasteiger partial charge in [-0.15, -0.1) is 0 Å². The highest BCUT2D eigenvalue weighted by molar-refractivity contribution is 6.04. The molecule has 1 aromatic heterocycles. The SMILES string of the molecule is COc1cn(-c2cccc(C(F)(F)F)c2)nc1C(=O)Nc1ccc(N2CCOCC2)cc1. The van der Waals surface area contributed by atoms with E-state index in [4.69, 9.17) is 9.47 Å². The average Bonchev–Trinajstić information content (AvgIpc) is 3.24. The molecule has 2 aromatic carbocycles. The molecular weight excluding hydrogens is 425 g/mol. The van der Waals surface area contributed by atoms with Crippen LogP contribution in [-0.4, -0.2) is 49.1 Å². The minimum Gasteiger partial charge on any atom is -0.493 e. The summed E-state index contributed by atoms with van der Waals surface area (Å²) in [6.45, 7) is 2.95. The van der Waals surface area contributed by atoms with E-state index in [0.29, 0.717) is 18.9 Å². The number of anilines is 2. The molecule has 1 aliphatic rings. The molecule has 1 N–H and O–H groups in total. The van der Waals surface area contributed by atoms with Gasteiger partial charge in [-0.3, -0.25) is 4.79 Å². The lowest BCUT2D eigenvalue weighted by Gasteiger charge is -2.28. The highest BCUT2D eigenvalue weighted by atomic mass is 19.4. The standard InChI is InChI=1S/C22H21F3N4O3/c1-31-19-14-29(18-4-2-3-15(13-18)22(23,24)25)27-20(19)21(30)26-16-5-7-17(8-6-16)28-9-11-32-12-10-28/h2-8,13-14H,9-12H2,1H3,(H,26,30). The van der Waals surface area contributed by atoms with Gasteiger partial charge in [0.1, 0.15) is 0 Å². The van der Waals surface area contributed by atoms with Crippen molar-refractivity contribution in [2.45, 2.75) is 6.18 Å². The van der Waals surface area contributed by atoms with Gasteiger partial charge in [-0.1, -0.05) is 6.07 Å². The van der Waals surface area contributed by atoms with Crippen LogP contribution in [0.25, 0.3) is 5.69 Å². The smallest absolute Gasteiger partial charge is 0.416 e. The molecule has 0 unspecified atom stereocenters. The molecule has 7 nitrogen and oxygen atoms in total. The molecule has 0 bridgehead atoms. The summed E-state index contributed by atoms with van der Waals surface area (Å²) in [4.78, 5) is 15.0. The predicted octanol–water partition coefficient (Wildman–Crippen LogP) is 3.99. The highest BCUT2D eigenvalue weighted by Gasteiger charge is 2.30. The fourth-order valence-corrected chi connectivity index (χ4v) is 3.39. The summed E-state index contributed by atoms with van der Waals surface area (Å²) in [6, 6.07) is 12.0. The number of alkyl halides is 3. The maximum Gasteiger partial charge on any atom is 0.416 e. The van der Waals surface area contributed by atoms with Crippen LogP contribution in [0.2, 0.25) is 0 Å². The molecule has 3 aromatic rings. The Morgan fingerprint density at radius 1 is 1.09 bits per heavy atom. The largest absolute Gasteiger partial charge is 0.493 e. The number of ether oxygens (including phenoxy) is 2. The van der Waals surface area contributed by atoms with E-state index in [0.717, 1.165) is 30.9 Å². The number of carbonyl (C=O) groups excluding carboxylic acids is 1. The van der Waals surface area contributed by atoms with Crippen LogP contribution in [0.4, 0.5) is 24.5 Å². The third kappa shape index (κ3) is 4.70. The number of morpholine rings is 1. The van der Waals surface area contributed by atoms with Crippen LogP contribution < -0.4 is 15.0 Å². The topological polar surface area (TPSA) is 68.6 Å². The van der Waals surface area contributed by atoms with Gasteiger partial charge in [0.05, 0.1) is 37.8 Å². The number of nitrogens with one attached hydrogen (secondary N) is 1. The van der Waals surface area contributed by atoms with Gasteiger partial charge in [-0.2, -0.15) is 18.3 Å². The Morgan fingerprint density at radius 2 is 1.81 bits per heavy atom. The first-order valence-corrected chi connectivity index (χ1v) is 9.90. The fourth-order valence-electron chi connectivity index (χ4n) is 3.39. The maximum atomic E-state index is 13.0. The molecule has 0 atom stereocenters. The van der Waals surface area contributed by atoms with Gasteiger partial charge >= 0.3 is 6.18 Å². The number of nitrogens with zero attached hydrogens (tertiary/aromatic N) is 3. The molecule has 2 heterocycles. The van der Waals surface area contributed by atoms with Gasteiger partial charge in [-0.05, 0) is 42.5 Å². The van der Waals surface area contributed by atoms with Gasteiger partial charge in [0.15, 0.2) is 11.4 Å². The van der Waals surface area contributed by atoms with Crippen LogP contribution in [0, 0.1) is 0 Å². The highest BCUT2D eigenvalue weighted by Crippen LogP contribution is 2.31. The van der Waals surface area contributed by atoms with Crippen molar-refractivity contribution < 1.29 is 27.4 Å². The van der Waals surface area contributed by atoms with E-state index >= 15 is 0 Å². The number of benzene rings is 2. The maximum absolute atomic E-state index is 13.0. The zero-order valence-electron chi connectivity index (χ0n) is 17.2. The lowest BCUT2D eigenvalue weighted by Crippen LogP contribution is -2.36. The number of aromatic nitrogens is 2. The number of hydrogen-bond donors (Lipinski definition) is 1. The lowest BCUT2D eigenvalue weighted by atomic mass is 10.2. The predicted molar refractivity (Wildman–Crippen MR) is 113 cm³/mol. The number of halogens is 3. The first kappa shape index (κ1) is 21.7. The summed E-state index contributed by atoms with van der Waals surface area (Å²) in [6.07, 6.45) is -3.12. The van der Waals surface area contributed by atoms with Crippen molar-refractivity contribution in [3.05, 3.63) is 66.0 Å². The molecule has 1 fully saturated rings.